The van der Waals surface area contributed by atoms with Gasteiger partial charge in [-0.3, -0.25) is 9.69 Å². The van der Waals surface area contributed by atoms with E-state index in [0.717, 1.165) is 34.2 Å². The van der Waals surface area contributed by atoms with Crippen molar-refractivity contribution in [2.75, 3.05) is 26.2 Å². The van der Waals surface area contributed by atoms with E-state index in [0.29, 0.717) is 15.9 Å². The molecule has 0 aromatic carbocycles. The molecule has 2 aromatic heterocycles. The predicted octanol–water partition coefficient (Wildman–Crippen LogP) is -1.89. The monoisotopic (exact) mass is 468 g/mol. The summed E-state index contributed by atoms with van der Waals surface area (Å²) in [7, 11) is 0. The van der Waals surface area contributed by atoms with E-state index in [1.165, 1.54) is 0 Å². The van der Waals surface area contributed by atoms with Crippen LogP contribution in [0.1, 0.15) is 12.8 Å². The summed E-state index contributed by atoms with van der Waals surface area (Å²) in [5.41, 5.74) is 0. The van der Waals surface area contributed by atoms with Crippen LogP contribution in [-0.2, 0) is 24.0 Å². The van der Waals surface area contributed by atoms with Gasteiger partial charge in [0.05, 0.1) is 6.54 Å². The fraction of sp³-hybridized carbons (Fsp3) is 0.333. The van der Waals surface area contributed by atoms with E-state index in [9.17, 15) is 39.6 Å². The molecule has 1 aliphatic heterocycles. The highest BCUT2D eigenvalue weighted by Gasteiger charge is 2.27. The Morgan fingerprint density at radius 2 is 1.15 bits per heavy atom. The Labute approximate surface area is 185 Å². The van der Waals surface area contributed by atoms with Crippen molar-refractivity contribution in [2.45, 2.75) is 12.8 Å². The van der Waals surface area contributed by atoms with E-state index in [1.807, 2.05) is 0 Å². The molecule has 0 bridgehead atoms. The Morgan fingerprint density at radius 3 is 1.52 bits per heavy atom. The zero-order chi connectivity index (χ0) is 24.1. The highest BCUT2D eigenvalue weighted by atomic mass is 16.7. The van der Waals surface area contributed by atoms with Crippen LogP contribution in [0.5, 0.6) is 23.5 Å². The van der Waals surface area contributed by atoms with Crippen molar-refractivity contribution in [3.63, 3.8) is 0 Å². The first-order valence-corrected chi connectivity index (χ1v) is 9.49. The number of rotatable bonds is 9. The zero-order valence-electron chi connectivity index (χ0n) is 17.0. The first-order valence-electron chi connectivity index (χ1n) is 9.49. The van der Waals surface area contributed by atoms with Gasteiger partial charge in [-0.05, 0) is 6.42 Å². The topological polar surface area (TPSA) is 193 Å². The Kier molecular flexibility index (Phi) is 6.92. The van der Waals surface area contributed by atoms with Crippen LogP contribution in [0.15, 0.2) is 24.3 Å². The van der Waals surface area contributed by atoms with Gasteiger partial charge in [0.2, 0.25) is 23.5 Å². The second-order valence-electron chi connectivity index (χ2n) is 6.82. The van der Waals surface area contributed by atoms with Crippen molar-refractivity contribution in [1.82, 2.24) is 19.4 Å². The largest absolute Gasteiger partial charge is 0.492 e. The lowest BCUT2D eigenvalue weighted by atomic mass is 10.4. The predicted molar refractivity (Wildman–Crippen MR) is 102 cm³/mol. The van der Waals surface area contributed by atoms with Gasteiger partial charge in [0, 0.05) is 30.7 Å². The van der Waals surface area contributed by atoms with Crippen LogP contribution in [-0.4, -0.2) is 89.8 Å². The third-order valence-corrected chi connectivity index (χ3v) is 4.28. The average molecular weight is 468 g/mol. The maximum absolute atomic E-state index is 12.2. The molecule has 3 rings (SSSR count). The van der Waals surface area contributed by atoms with Gasteiger partial charge in [-0.2, -0.15) is 5.06 Å². The number of aromatic hydroxyl groups is 4. The minimum absolute atomic E-state index is 0.201. The number of aromatic nitrogens is 2. The van der Waals surface area contributed by atoms with Crippen LogP contribution in [0.25, 0.3) is 0 Å². The first kappa shape index (κ1) is 23.3. The zero-order valence-corrected chi connectivity index (χ0v) is 17.0. The molecule has 178 valence electrons. The molecule has 1 amide bonds. The van der Waals surface area contributed by atoms with Gasteiger partial charge in [0.25, 0.3) is 5.91 Å². The van der Waals surface area contributed by atoms with Gasteiger partial charge in [0.15, 0.2) is 0 Å². The summed E-state index contributed by atoms with van der Waals surface area (Å²) in [5, 5.41) is 39.1. The fourth-order valence-corrected chi connectivity index (χ4v) is 2.84. The van der Waals surface area contributed by atoms with Crippen molar-refractivity contribution >= 4 is 23.8 Å². The number of carbonyl (C=O) groups excluding carboxylic acids is 4. The molecule has 0 aliphatic carbocycles. The number of hydrogen-bond donors (Lipinski definition) is 4. The van der Waals surface area contributed by atoms with Crippen LogP contribution in [0.3, 0.4) is 0 Å². The molecule has 3 heterocycles. The summed E-state index contributed by atoms with van der Waals surface area (Å²) in [6, 6.07) is 4.22. The molecule has 2 aromatic rings. The maximum Gasteiger partial charge on any atom is 0.347 e. The SMILES string of the molecule is O=C(CN(CC(=O)On1c(O)ccc1O)CC(=O)On1c(O)ccc1O)ON1CCCC1=O. The number of carbonyl (C=O) groups is 4. The fourth-order valence-electron chi connectivity index (χ4n) is 2.84. The summed E-state index contributed by atoms with van der Waals surface area (Å²) in [5.74, 6) is -5.90. The van der Waals surface area contributed by atoms with Crippen LogP contribution >= 0.6 is 0 Å². The second-order valence-corrected chi connectivity index (χ2v) is 6.82. The van der Waals surface area contributed by atoms with Gasteiger partial charge >= 0.3 is 17.9 Å². The molecule has 0 radical (unpaired) electrons. The van der Waals surface area contributed by atoms with Crippen LogP contribution in [0.4, 0.5) is 0 Å². The minimum atomic E-state index is -1.10. The standard InChI is InChI=1S/C18H20N4O11/c23-11-2-1-7-20(11)31-16(28)8-19(9-17(29)32-21-12(24)3-4-13(21)25)10-18(30)33-22-14(26)5-6-15(22)27/h3-6,24-27H,1-2,7-10H2. The van der Waals surface area contributed by atoms with Crippen molar-refractivity contribution < 1.29 is 54.1 Å². The van der Waals surface area contributed by atoms with E-state index >= 15 is 0 Å². The lowest BCUT2D eigenvalue weighted by Crippen LogP contribution is -2.44. The summed E-state index contributed by atoms with van der Waals surface area (Å²) < 4.78 is 0.825. The van der Waals surface area contributed by atoms with Gasteiger partial charge in [-0.1, -0.05) is 0 Å². The molecule has 1 aliphatic rings. The third kappa shape index (κ3) is 5.85. The Balaban J connectivity index is 1.66. The number of hydroxylamine groups is 2. The first-order chi connectivity index (χ1) is 15.6. The number of amides is 1. The normalized spacial score (nSPS) is 13.4. The van der Waals surface area contributed by atoms with E-state index in [2.05, 4.69) is 0 Å². The van der Waals surface area contributed by atoms with E-state index < -0.39 is 67.0 Å². The average Bonchev–Trinajstić information content (AvgIpc) is 3.38. The van der Waals surface area contributed by atoms with Crippen molar-refractivity contribution in [1.29, 1.82) is 0 Å². The van der Waals surface area contributed by atoms with Gasteiger partial charge in [-0.25, -0.2) is 14.4 Å². The second kappa shape index (κ2) is 9.82. The Morgan fingerprint density at radius 1 is 0.758 bits per heavy atom. The minimum Gasteiger partial charge on any atom is -0.492 e. The van der Waals surface area contributed by atoms with E-state index in [4.69, 9.17) is 14.5 Å². The van der Waals surface area contributed by atoms with Crippen molar-refractivity contribution in [3.05, 3.63) is 24.3 Å². The summed E-state index contributed by atoms with van der Waals surface area (Å²) >= 11 is 0. The molecule has 33 heavy (non-hydrogen) atoms. The smallest absolute Gasteiger partial charge is 0.347 e. The summed E-state index contributed by atoms with van der Waals surface area (Å²) in [6.45, 7) is -1.91. The van der Waals surface area contributed by atoms with Gasteiger partial charge in [-0.15, -0.1) is 9.46 Å². The van der Waals surface area contributed by atoms with E-state index in [-0.39, 0.29) is 13.0 Å². The van der Waals surface area contributed by atoms with E-state index in [1.54, 1.807) is 0 Å². The molecule has 0 spiro atoms. The molecular weight excluding hydrogens is 448 g/mol. The number of hydrogen-bond acceptors (Lipinski definition) is 12. The summed E-state index contributed by atoms with van der Waals surface area (Å²) in [6.07, 6.45) is 0.714. The molecular formula is C18H20N4O11. The maximum atomic E-state index is 12.2. The Bertz CT molecular complexity index is 959. The molecule has 1 saturated heterocycles. The highest BCUT2D eigenvalue weighted by Crippen LogP contribution is 2.19. The van der Waals surface area contributed by atoms with Crippen LogP contribution in [0, 0.1) is 0 Å². The molecule has 1 fully saturated rings. The molecule has 0 unspecified atom stereocenters. The Hall–Kier alpha value is -4.40. The van der Waals surface area contributed by atoms with Crippen LogP contribution in [0.2, 0.25) is 0 Å². The molecule has 0 atom stereocenters. The van der Waals surface area contributed by atoms with Gasteiger partial charge in [0.1, 0.15) is 19.6 Å². The third-order valence-electron chi connectivity index (χ3n) is 4.28. The molecule has 4 N–H and O–H groups in total. The van der Waals surface area contributed by atoms with Crippen LogP contribution < -0.4 is 9.68 Å². The van der Waals surface area contributed by atoms with Gasteiger partial charge < -0.3 is 34.9 Å². The summed E-state index contributed by atoms with van der Waals surface area (Å²) in [4.78, 5) is 63.8. The molecule has 15 nitrogen and oxygen atoms in total. The molecule has 0 saturated carbocycles. The lowest BCUT2D eigenvalue weighted by molar-refractivity contribution is -0.194. The quantitative estimate of drug-likeness (QED) is 0.320. The number of nitrogens with zero attached hydrogens (tertiary/aromatic N) is 4. The van der Waals surface area contributed by atoms with Crippen molar-refractivity contribution in [3.8, 4) is 23.5 Å². The lowest BCUT2D eigenvalue weighted by Gasteiger charge is -2.21. The van der Waals surface area contributed by atoms with Crippen molar-refractivity contribution in [2.24, 2.45) is 0 Å². The molecule has 15 heteroatoms. The highest BCUT2D eigenvalue weighted by molar-refractivity contribution is 5.81.